The van der Waals surface area contributed by atoms with E-state index in [0.29, 0.717) is 24.6 Å². The lowest BCUT2D eigenvalue weighted by molar-refractivity contribution is -0.141. The molecule has 28 heavy (non-hydrogen) atoms. The normalized spacial score (nSPS) is 18.8. The van der Waals surface area contributed by atoms with E-state index in [0.717, 1.165) is 30.7 Å². The fourth-order valence-electron chi connectivity index (χ4n) is 3.24. The summed E-state index contributed by atoms with van der Waals surface area (Å²) in [7, 11) is 0. The number of nitrogens with zero attached hydrogens (tertiary/aromatic N) is 3. The molecule has 1 fully saturated rings. The number of hydrogen-bond acceptors (Lipinski definition) is 4. The second kappa shape index (κ2) is 8.51. The molecule has 2 heterocycles. The van der Waals surface area contributed by atoms with Crippen molar-refractivity contribution in [2.45, 2.75) is 43.3 Å². The van der Waals surface area contributed by atoms with Gasteiger partial charge in [0.05, 0.1) is 10.9 Å². The van der Waals surface area contributed by atoms with Crippen LogP contribution in [-0.2, 0) is 11.0 Å². The number of hydrogen-bond donors (Lipinski definition) is 0. The number of halogens is 3. The van der Waals surface area contributed by atoms with Crippen LogP contribution in [0.25, 0.3) is 11.3 Å². The number of rotatable bonds is 4. The van der Waals surface area contributed by atoms with Crippen molar-refractivity contribution in [1.82, 2.24) is 14.9 Å². The van der Waals surface area contributed by atoms with Crippen molar-refractivity contribution < 1.29 is 18.0 Å². The van der Waals surface area contributed by atoms with Gasteiger partial charge in [0.2, 0.25) is 5.91 Å². The number of carbonyl (C=O) groups is 1. The smallest absolute Gasteiger partial charge is 0.341 e. The molecule has 0 saturated carbocycles. The molecule has 0 radical (unpaired) electrons. The van der Waals surface area contributed by atoms with Crippen LogP contribution in [0.4, 0.5) is 13.2 Å². The van der Waals surface area contributed by atoms with Crippen molar-refractivity contribution in [3.8, 4) is 11.3 Å². The molecule has 0 bridgehead atoms. The highest BCUT2D eigenvalue weighted by Crippen LogP contribution is 2.33. The third-order valence-electron chi connectivity index (χ3n) is 4.66. The summed E-state index contributed by atoms with van der Waals surface area (Å²) in [5, 5.41) is -0.600. The standard InChI is InChI=1S/C20H22F3N3OS/c1-13-7-6-10-26(12-13)18(27)14(2)28-19-24-16(15-8-4-3-5-9-15)11-17(25-19)20(21,22)23/h3-5,8-9,11,13-14H,6-7,10,12H2,1-2H3/t13-,14-/m0/s1. The predicted molar refractivity (Wildman–Crippen MR) is 103 cm³/mol. The van der Waals surface area contributed by atoms with Crippen LogP contribution in [0.1, 0.15) is 32.4 Å². The molecule has 3 rings (SSSR count). The Morgan fingerprint density at radius 2 is 1.96 bits per heavy atom. The minimum absolute atomic E-state index is 0.0421. The summed E-state index contributed by atoms with van der Waals surface area (Å²) in [5.74, 6) is 0.350. The monoisotopic (exact) mass is 409 g/mol. The van der Waals surface area contributed by atoms with E-state index in [4.69, 9.17) is 0 Å². The Morgan fingerprint density at radius 1 is 1.25 bits per heavy atom. The molecule has 0 spiro atoms. The molecular weight excluding hydrogens is 387 g/mol. The lowest BCUT2D eigenvalue weighted by Gasteiger charge is -2.32. The number of carbonyl (C=O) groups excluding carboxylic acids is 1. The SMILES string of the molecule is C[C@H]1CCCN(C(=O)[C@H](C)Sc2nc(-c3ccccc3)cc(C(F)(F)F)n2)C1. The fraction of sp³-hybridized carbons (Fsp3) is 0.450. The Labute approximate surface area is 166 Å². The van der Waals surface area contributed by atoms with Crippen LogP contribution < -0.4 is 0 Å². The summed E-state index contributed by atoms with van der Waals surface area (Å²) < 4.78 is 40.0. The molecule has 1 aromatic heterocycles. The molecule has 8 heteroatoms. The first-order valence-corrected chi connectivity index (χ1v) is 10.1. The van der Waals surface area contributed by atoms with E-state index < -0.39 is 17.1 Å². The minimum atomic E-state index is -4.59. The fourth-order valence-corrected chi connectivity index (χ4v) is 4.10. The van der Waals surface area contributed by atoms with Crippen LogP contribution >= 0.6 is 11.8 Å². The Balaban J connectivity index is 1.85. The van der Waals surface area contributed by atoms with E-state index >= 15 is 0 Å². The lowest BCUT2D eigenvalue weighted by atomic mass is 10.0. The van der Waals surface area contributed by atoms with Crippen LogP contribution in [0.5, 0.6) is 0 Å². The summed E-state index contributed by atoms with van der Waals surface area (Å²) in [6.45, 7) is 5.16. The molecule has 0 aliphatic carbocycles. The average molecular weight is 409 g/mol. The van der Waals surface area contributed by atoms with Crippen molar-refractivity contribution in [1.29, 1.82) is 0 Å². The number of likely N-dealkylation sites (tertiary alicyclic amines) is 1. The number of thioether (sulfide) groups is 1. The summed E-state index contributed by atoms with van der Waals surface area (Å²) in [5.41, 5.74) is -0.243. The van der Waals surface area contributed by atoms with Gasteiger partial charge in [0, 0.05) is 18.7 Å². The van der Waals surface area contributed by atoms with E-state index in [1.54, 1.807) is 42.2 Å². The van der Waals surface area contributed by atoms with Gasteiger partial charge < -0.3 is 4.90 Å². The molecule has 2 aromatic rings. The van der Waals surface area contributed by atoms with Crippen LogP contribution in [0, 0.1) is 5.92 Å². The van der Waals surface area contributed by atoms with Gasteiger partial charge >= 0.3 is 6.18 Å². The van der Waals surface area contributed by atoms with Crippen molar-refractivity contribution in [2.24, 2.45) is 5.92 Å². The van der Waals surface area contributed by atoms with Crippen LogP contribution in [0.15, 0.2) is 41.6 Å². The van der Waals surface area contributed by atoms with E-state index in [1.165, 1.54) is 0 Å². The zero-order chi connectivity index (χ0) is 20.3. The van der Waals surface area contributed by atoms with E-state index in [-0.39, 0.29) is 16.8 Å². The molecule has 0 N–H and O–H groups in total. The zero-order valence-electron chi connectivity index (χ0n) is 15.7. The van der Waals surface area contributed by atoms with Crippen molar-refractivity contribution in [3.63, 3.8) is 0 Å². The first-order chi connectivity index (χ1) is 13.2. The Hall–Kier alpha value is -2.09. The largest absolute Gasteiger partial charge is 0.433 e. The summed E-state index contributed by atoms with van der Waals surface area (Å²) >= 11 is 0.972. The van der Waals surface area contributed by atoms with Crippen LogP contribution in [0.3, 0.4) is 0 Å². The molecular formula is C20H22F3N3OS. The molecule has 1 amide bonds. The lowest BCUT2D eigenvalue weighted by Crippen LogP contribution is -2.42. The molecule has 0 unspecified atom stereocenters. The second-order valence-corrected chi connectivity index (χ2v) is 8.38. The van der Waals surface area contributed by atoms with Gasteiger partial charge in [-0.15, -0.1) is 0 Å². The maximum absolute atomic E-state index is 13.3. The summed E-state index contributed by atoms with van der Waals surface area (Å²) in [6, 6.07) is 9.59. The molecule has 1 aromatic carbocycles. The van der Waals surface area contributed by atoms with Gasteiger partial charge in [0.1, 0.15) is 5.69 Å². The molecule has 1 saturated heterocycles. The summed E-state index contributed by atoms with van der Waals surface area (Å²) in [4.78, 5) is 22.5. The molecule has 1 aliphatic heterocycles. The Kier molecular flexibility index (Phi) is 6.27. The first kappa shape index (κ1) is 20.6. The molecule has 1 aliphatic rings. The third-order valence-corrected chi connectivity index (χ3v) is 5.61. The highest BCUT2D eigenvalue weighted by Gasteiger charge is 2.34. The molecule has 150 valence electrons. The maximum Gasteiger partial charge on any atom is 0.433 e. The number of amides is 1. The predicted octanol–water partition coefficient (Wildman–Crippen LogP) is 4.90. The molecule has 4 nitrogen and oxygen atoms in total. The van der Waals surface area contributed by atoms with E-state index in [9.17, 15) is 18.0 Å². The second-order valence-electron chi connectivity index (χ2n) is 7.08. The van der Waals surface area contributed by atoms with Gasteiger partial charge in [-0.2, -0.15) is 13.2 Å². The van der Waals surface area contributed by atoms with Crippen molar-refractivity contribution in [3.05, 3.63) is 42.1 Å². The van der Waals surface area contributed by atoms with Crippen LogP contribution in [-0.4, -0.2) is 39.1 Å². The zero-order valence-corrected chi connectivity index (χ0v) is 16.6. The van der Waals surface area contributed by atoms with Gasteiger partial charge in [-0.3, -0.25) is 4.79 Å². The van der Waals surface area contributed by atoms with Crippen molar-refractivity contribution in [2.75, 3.05) is 13.1 Å². The first-order valence-electron chi connectivity index (χ1n) is 9.21. The number of benzene rings is 1. The topological polar surface area (TPSA) is 46.1 Å². The van der Waals surface area contributed by atoms with E-state index in [2.05, 4.69) is 16.9 Å². The Morgan fingerprint density at radius 3 is 2.61 bits per heavy atom. The highest BCUT2D eigenvalue weighted by molar-refractivity contribution is 8.00. The van der Waals surface area contributed by atoms with Crippen molar-refractivity contribution >= 4 is 17.7 Å². The third kappa shape index (κ3) is 5.04. The minimum Gasteiger partial charge on any atom is -0.341 e. The maximum atomic E-state index is 13.3. The highest BCUT2D eigenvalue weighted by atomic mass is 32.2. The average Bonchev–Trinajstić information content (AvgIpc) is 2.67. The van der Waals surface area contributed by atoms with Gasteiger partial charge in [0.25, 0.3) is 0 Å². The van der Waals surface area contributed by atoms with E-state index in [1.807, 2.05) is 0 Å². The van der Waals surface area contributed by atoms with Gasteiger partial charge in [0.15, 0.2) is 5.16 Å². The Bertz CT molecular complexity index is 829. The summed E-state index contributed by atoms with van der Waals surface area (Å²) in [6.07, 6.45) is -2.55. The number of piperidine rings is 1. The number of aromatic nitrogens is 2. The van der Waals surface area contributed by atoms with Gasteiger partial charge in [-0.25, -0.2) is 9.97 Å². The van der Waals surface area contributed by atoms with Crippen LogP contribution in [0.2, 0.25) is 0 Å². The number of alkyl halides is 3. The van der Waals surface area contributed by atoms with Gasteiger partial charge in [-0.1, -0.05) is 49.0 Å². The van der Waals surface area contributed by atoms with Gasteiger partial charge in [-0.05, 0) is 31.7 Å². The quantitative estimate of drug-likeness (QED) is 0.532. The molecule has 2 atom stereocenters.